The molecule has 0 unspecified atom stereocenters. The molecule has 0 fully saturated rings. The number of alkyl halides is 3. The molecule has 3 rings (SSSR count). The normalized spacial score (nSPS) is 10.2. The molecule has 0 bridgehead atoms. The molecule has 0 saturated carbocycles. The average molecular weight is 454 g/mol. The predicted octanol–water partition coefficient (Wildman–Crippen LogP) is 3.76. The van der Waals surface area contributed by atoms with Crippen LogP contribution in [0.3, 0.4) is 0 Å². The summed E-state index contributed by atoms with van der Waals surface area (Å²) < 4.78 is 31.7. The highest BCUT2D eigenvalue weighted by molar-refractivity contribution is 5.84. The first-order valence-corrected chi connectivity index (χ1v) is 9.31. The fourth-order valence-electron chi connectivity index (χ4n) is 2.72. The maximum Gasteiger partial charge on any atom is 0.490 e. The van der Waals surface area contributed by atoms with E-state index >= 15 is 0 Å². The molecule has 0 aliphatic rings. The Labute approximate surface area is 186 Å². The molecular weight excluding hydrogens is 437 g/mol. The molecule has 0 radical (unpaired) electrons. The molecular formula is C22H17F3N6O2. The summed E-state index contributed by atoms with van der Waals surface area (Å²) in [6.45, 7) is 0.562. The lowest BCUT2D eigenvalue weighted by Gasteiger charge is -2.14. The van der Waals surface area contributed by atoms with E-state index in [4.69, 9.17) is 15.6 Å². The van der Waals surface area contributed by atoms with Gasteiger partial charge >= 0.3 is 12.1 Å². The Bertz CT molecular complexity index is 1190. The molecule has 0 amide bonds. The van der Waals surface area contributed by atoms with Gasteiger partial charge in [-0.1, -0.05) is 36.4 Å². The van der Waals surface area contributed by atoms with Gasteiger partial charge in [-0.15, -0.1) is 0 Å². The van der Waals surface area contributed by atoms with Gasteiger partial charge in [0.15, 0.2) is 0 Å². The number of hydrogen-bond acceptors (Lipinski definition) is 7. The quantitative estimate of drug-likeness (QED) is 0.528. The molecule has 0 aliphatic carbocycles. The summed E-state index contributed by atoms with van der Waals surface area (Å²) in [7, 11) is 0. The first kappa shape index (κ1) is 24.6. The lowest BCUT2D eigenvalue weighted by atomic mass is 9.96. The number of halogens is 3. The highest BCUT2D eigenvalue weighted by atomic mass is 19.4. The van der Waals surface area contributed by atoms with Gasteiger partial charge in [0.25, 0.3) is 0 Å². The fraction of sp³-hybridized carbons (Fsp3) is 0.136. The van der Waals surface area contributed by atoms with Gasteiger partial charge in [-0.25, -0.2) is 9.78 Å². The lowest BCUT2D eigenvalue weighted by molar-refractivity contribution is -0.192. The number of nitrogen functional groups attached to an aromatic ring is 1. The Kier molecular flexibility index (Phi) is 8.29. The zero-order valence-corrected chi connectivity index (χ0v) is 17.0. The van der Waals surface area contributed by atoms with Gasteiger partial charge in [-0.2, -0.15) is 23.7 Å². The first-order chi connectivity index (χ1) is 15.7. The van der Waals surface area contributed by atoms with Crippen molar-refractivity contribution in [3.63, 3.8) is 0 Å². The first-order valence-electron chi connectivity index (χ1n) is 9.31. The van der Waals surface area contributed by atoms with E-state index in [0.29, 0.717) is 23.5 Å². The Hall–Kier alpha value is -4.64. The summed E-state index contributed by atoms with van der Waals surface area (Å²) in [6.07, 6.45) is -0.844. The number of aliphatic carboxylic acids is 1. The fourth-order valence-corrected chi connectivity index (χ4v) is 2.72. The summed E-state index contributed by atoms with van der Waals surface area (Å²) in [5.74, 6) is -2.27. The van der Waals surface area contributed by atoms with E-state index in [0.717, 1.165) is 17.5 Å². The number of pyridine rings is 2. The van der Waals surface area contributed by atoms with Crippen LogP contribution in [0.15, 0.2) is 54.9 Å². The van der Waals surface area contributed by atoms with Crippen LogP contribution < -0.4 is 11.1 Å². The molecule has 8 nitrogen and oxygen atoms in total. The van der Waals surface area contributed by atoms with Crippen molar-refractivity contribution in [3.8, 4) is 23.3 Å². The third-order valence-corrected chi connectivity index (χ3v) is 4.18. The van der Waals surface area contributed by atoms with E-state index in [1.807, 2.05) is 42.5 Å². The van der Waals surface area contributed by atoms with Crippen LogP contribution in [-0.2, 0) is 11.2 Å². The standard InChI is InChI=1S/C20H16N6.C2HF3O2/c21-11-16-18(15-6-2-1-3-7-15)17(12-22)20(26-19(16)23)25-10-8-14-5-4-9-24-13-14;3-2(4,5)1(6)7/h1-7,9,13H,8,10H2,(H3,23,25,26);(H,6,7). The topological polar surface area (TPSA) is 149 Å². The second kappa shape index (κ2) is 11.1. The minimum absolute atomic E-state index is 0.106. The molecule has 4 N–H and O–H groups in total. The van der Waals surface area contributed by atoms with Crippen LogP contribution in [0.5, 0.6) is 0 Å². The second-order valence-electron chi connectivity index (χ2n) is 6.40. The van der Waals surface area contributed by atoms with E-state index in [-0.39, 0.29) is 11.4 Å². The summed E-state index contributed by atoms with van der Waals surface area (Å²) in [4.78, 5) is 17.2. The van der Waals surface area contributed by atoms with Crippen LogP contribution in [-0.4, -0.2) is 33.8 Å². The number of hydrogen-bond donors (Lipinski definition) is 3. The van der Waals surface area contributed by atoms with E-state index in [9.17, 15) is 23.7 Å². The lowest BCUT2D eigenvalue weighted by Crippen LogP contribution is -2.21. The summed E-state index contributed by atoms with van der Waals surface area (Å²) in [5.41, 5.74) is 8.84. The summed E-state index contributed by atoms with van der Waals surface area (Å²) in [6, 6.07) is 17.4. The number of rotatable bonds is 5. The van der Waals surface area contributed by atoms with Gasteiger partial charge in [0, 0.05) is 24.5 Å². The van der Waals surface area contributed by atoms with Gasteiger partial charge in [-0.05, 0) is 23.6 Å². The molecule has 3 aromatic rings. The van der Waals surface area contributed by atoms with Crippen LogP contribution in [0, 0.1) is 22.7 Å². The van der Waals surface area contributed by atoms with Gasteiger partial charge < -0.3 is 16.2 Å². The van der Waals surface area contributed by atoms with Crippen molar-refractivity contribution in [1.82, 2.24) is 9.97 Å². The number of aromatic nitrogens is 2. The number of nitriles is 2. The van der Waals surface area contributed by atoms with Gasteiger partial charge in [-0.3, -0.25) is 4.98 Å². The van der Waals surface area contributed by atoms with Crippen LogP contribution in [0.2, 0.25) is 0 Å². The second-order valence-corrected chi connectivity index (χ2v) is 6.40. The van der Waals surface area contributed by atoms with Crippen LogP contribution >= 0.6 is 0 Å². The Balaban J connectivity index is 0.000000479. The van der Waals surface area contributed by atoms with E-state index in [1.165, 1.54) is 0 Å². The molecule has 0 aliphatic heterocycles. The molecule has 0 atom stereocenters. The van der Waals surface area contributed by atoms with Crippen molar-refractivity contribution in [2.75, 3.05) is 17.6 Å². The summed E-state index contributed by atoms with van der Waals surface area (Å²) >= 11 is 0. The largest absolute Gasteiger partial charge is 0.490 e. The number of anilines is 2. The van der Waals surface area contributed by atoms with E-state index in [1.54, 1.807) is 12.4 Å². The van der Waals surface area contributed by atoms with Gasteiger partial charge in [0.2, 0.25) is 0 Å². The predicted molar refractivity (Wildman–Crippen MR) is 114 cm³/mol. The number of nitrogens with one attached hydrogen (secondary N) is 1. The minimum atomic E-state index is -5.08. The third kappa shape index (κ3) is 6.67. The molecule has 33 heavy (non-hydrogen) atoms. The summed E-state index contributed by atoms with van der Waals surface area (Å²) in [5, 5.41) is 29.5. The number of carboxylic acid groups (broad SMARTS) is 1. The number of carbonyl (C=O) groups is 1. The Morgan fingerprint density at radius 1 is 1.09 bits per heavy atom. The highest BCUT2D eigenvalue weighted by Gasteiger charge is 2.38. The molecule has 11 heteroatoms. The number of nitrogens with two attached hydrogens (primary N) is 1. The molecule has 2 aromatic heterocycles. The Morgan fingerprint density at radius 2 is 1.73 bits per heavy atom. The van der Waals surface area contributed by atoms with Gasteiger partial charge in [0.1, 0.15) is 34.9 Å². The van der Waals surface area contributed by atoms with E-state index < -0.39 is 12.1 Å². The third-order valence-electron chi connectivity index (χ3n) is 4.18. The minimum Gasteiger partial charge on any atom is -0.475 e. The molecule has 0 saturated heterocycles. The maximum absolute atomic E-state index is 10.6. The molecule has 1 aromatic carbocycles. The van der Waals surface area contributed by atoms with Crippen molar-refractivity contribution in [1.29, 1.82) is 10.5 Å². The number of benzene rings is 1. The molecule has 168 valence electrons. The van der Waals surface area contributed by atoms with Crippen molar-refractivity contribution in [2.45, 2.75) is 12.6 Å². The molecule has 2 heterocycles. The number of carboxylic acids is 1. The Morgan fingerprint density at radius 3 is 2.24 bits per heavy atom. The van der Waals surface area contributed by atoms with E-state index in [2.05, 4.69) is 27.4 Å². The van der Waals surface area contributed by atoms with Crippen molar-refractivity contribution >= 4 is 17.6 Å². The van der Waals surface area contributed by atoms with Crippen LogP contribution in [0.25, 0.3) is 11.1 Å². The SMILES string of the molecule is N#Cc1c(N)nc(NCCc2cccnc2)c(C#N)c1-c1ccccc1.O=C(O)C(F)(F)F. The van der Waals surface area contributed by atoms with Crippen molar-refractivity contribution in [2.24, 2.45) is 0 Å². The monoisotopic (exact) mass is 454 g/mol. The molecule has 0 spiro atoms. The van der Waals surface area contributed by atoms with Crippen LogP contribution in [0.4, 0.5) is 24.8 Å². The van der Waals surface area contributed by atoms with Crippen molar-refractivity contribution in [3.05, 3.63) is 71.5 Å². The highest BCUT2D eigenvalue weighted by Crippen LogP contribution is 2.33. The van der Waals surface area contributed by atoms with Crippen LogP contribution in [0.1, 0.15) is 16.7 Å². The smallest absolute Gasteiger partial charge is 0.475 e. The zero-order chi connectivity index (χ0) is 24.4. The number of nitrogens with zero attached hydrogens (tertiary/aromatic N) is 4. The maximum atomic E-state index is 10.6. The van der Waals surface area contributed by atoms with Crippen molar-refractivity contribution < 1.29 is 23.1 Å². The van der Waals surface area contributed by atoms with Gasteiger partial charge in [0.05, 0.1) is 0 Å². The average Bonchev–Trinajstić information content (AvgIpc) is 2.79. The zero-order valence-electron chi connectivity index (χ0n) is 17.0.